The van der Waals surface area contributed by atoms with E-state index in [0.29, 0.717) is 23.6 Å². The lowest BCUT2D eigenvalue weighted by atomic mass is 10.2. The molecule has 0 atom stereocenters. The Balaban J connectivity index is 1.65. The van der Waals surface area contributed by atoms with Crippen molar-refractivity contribution in [1.82, 2.24) is 8.87 Å². The Morgan fingerprint density at radius 3 is 2.47 bits per heavy atom. The summed E-state index contributed by atoms with van der Waals surface area (Å²) < 4.78 is 29.7. The van der Waals surface area contributed by atoms with Gasteiger partial charge in [-0.15, -0.1) is 6.42 Å². The highest BCUT2D eigenvalue weighted by Crippen LogP contribution is 2.23. The highest BCUT2D eigenvalue weighted by Gasteiger charge is 2.26. The standard InChI is InChI=1S/C24H24N4O4S2/c1-3-13-28-21-12-9-19(25-17(2)29)16-22(21)33-24(28)26-23(30)18-7-10-20(11-8-18)34(31,32)27-14-5-4-6-15-27/h1,7-12,16H,4-6,13-15H2,2H3,(H,25,29). The molecule has 0 radical (unpaired) electrons. The predicted octanol–water partition coefficient (Wildman–Crippen LogP) is 3.21. The summed E-state index contributed by atoms with van der Waals surface area (Å²) in [6, 6.07) is 11.2. The van der Waals surface area contributed by atoms with E-state index >= 15 is 0 Å². The third-order valence-corrected chi connectivity index (χ3v) is 8.46. The number of thiazole rings is 1. The second kappa shape index (κ2) is 9.93. The van der Waals surface area contributed by atoms with E-state index in [1.807, 2.05) is 6.07 Å². The molecule has 34 heavy (non-hydrogen) atoms. The predicted molar refractivity (Wildman–Crippen MR) is 132 cm³/mol. The molecule has 176 valence electrons. The van der Waals surface area contributed by atoms with E-state index in [1.165, 1.54) is 46.8 Å². The molecule has 8 nitrogen and oxygen atoms in total. The third-order valence-electron chi connectivity index (χ3n) is 5.50. The van der Waals surface area contributed by atoms with Crippen LogP contribution >= 0.6 is 11.3 Å². The van der Waals surface area contributed by atoms with Crippen molar-refractivity contribution >= 4 is 49.1 Å². The SMILES string of the molecule is C#CCn1c(=NC(=O)c2ccc(S(=O)(=O)N3CCCCC3)cc2)sc2cc(NC(C)=O)ccc21. The fourth-order valence-corrected chi connectivity index (χ4v) is 6.44. The van der Waals surface area contributed by atoms with E-state index in [1.54, 1.807) is 16.7 Å². The van der Waals surface area contributed by atoms with Gasteiger partial charge in [0.15, 0.2) is 4.80 Å². The fourth-order valence-electron chi connectivity index (χ4n) is 3.86. The highest BCUT2D eigenvalue weighted by atomic mass is 32.2. The Labute approximate surface area is 202 Å². The summed E-state index contributed by atoms with van der Waals surface area (Å²) in [5.74, 6) is 1.89. The van der Waals surface area contributed by atoms with Crippen LogP contribution in [0, 0.1) is 12.3 Å². The molecule has 0 unspecified atom stereocenters. The molecule has 1 aliphatic heterocycles. The van der Waals surface area contributed by atoms with Crippen LogP contribution in [-0.4, -0.2) is 42.2 Å². The van der Waals surface area contributed by atoms with E-state index in [0.717, 1.165) is 29.5 Å². The Morgan fingerprint density at radius 1 is 1.12 bits per heavy atom. The average molecular weight is 497 g/mol. The second-order valence-corrected chi connectivity index (χ2v) is 10.9. The molecule has 2 aromatic carbocycles. The van der Waals surface area contributed by atoms with Gasteiger partial charge in [0.1, 0.15) is 0 Å². The minimum absolute atomic E-state index is 0.167. The first-order valence-electron chi connectivity index (χ1n) is 10.8. The van der Waals surface area contributed by atoms with Crippen LogP contribution in [0.5, 0.6) is 0 Å². The maximum atomic E-state index is 12.9. The summed E-state index contributed by atoms with van der Waals surface area (Å²) in [5, 5.41) is 2.73. The first-order chi connectivity index (χ1) is 16.3. The first-order valence-corrected chi connectivity index (χ1v) is 13.1. The Hall–Kier alpha value is -3.26. The minimum atomic E-state index is -3.57. The van der Waals surface area contributed by atoms with Gasteiger partial charge in [-0.1, -0.05) is 23.7 Å². The van der Waals surface area contributed by atoms with Crippen molar-refractivity contribution in [2.45, 2.75) is 37.6 Å². The van der Waals surface area contributed by atoms with Gasteiger partial charge in [0.2, 0.25) is 15.9 Å². The number of piperidine rings is 1. The van der Waals surface area contributed by atoms with E-state index in [9.17, 15) is 18.0 Å². The number of hydrogen-bond donors (Lipinski definition) is 1. The summed E-state index contributed by atoms with van der Waals surface area (Å²) in [5.41, 5.74) is 1.71. The number of carbonyl (C=O) groups excluding carboxylic acids is 2. The molecular formula is C24H24N4O4S2. The zero-order valence-corrected chi connectivity index (χ0v) is 20.3. The van der Waals surface area contributed by atoms with Crippen molar-refractivity contribution in [3.8, 4) is 12.3 Å². The minimum Gasteiger partial charge on any atom is -0.326 e. The third kappa shape index (κ3) is 4.97. The number of nitrogens with zero attached hydrogens (tertiary/aromatic N) is 3. The van der Waals surface area contributed by atoms with Crippen molar-refractivity contribution in [2.24, 2.45) is 4.99 Å². The van der Waals surface area contributed by atoms with Gasteiger partial charge < -0.3 is 9.88 Å². The fraction of sp³-hybridized carbons (Fsp3) is 0.292. The summed E-state index contributed by atoms with van der Waals surface area (Å²) in [6.07, 6.45) is 8.27. The molecule has 3 aromatic rings. The molecular weight excluding hydrogens is 472 g/mol. The van der Waals surface area contributed by atoms with Gasteiger partial charge >= 0.3 is 0 Å². The molecule has 1 aliphatic rings. The number of fused-ring (bicyclic) bond motifs is 1. The largest absolute Gasteiger partial charge is 0.326 e. The number of benzene rings is 2. The molecule has 10 heteroatoms. The summed E-state index contributed by atoms with van der Waals surface area (Å²) in [7, 11) is -3.57. The van der Waals surface area contributed by atoms with E-state index in [4.69, 9.17) is 6.42 Å². The smallest absolute Gasteiger partial charge is 0.279 e. The van der Waals surface area contributed by atoms with E-state index in [2.05, 4.69) is 16.2 Å². The number of sulfonamides is 1. The van der Waals surface area contributed by atoms with Crippen LogP contribution in [0.15, 0.2) is 52.4 Å². The number of hydrogen-bond acceptors (Lipinski definition) is 5. The number of rotatable bonds is 5. The Morgan fingerprint density at radius 2 is 1.82 bits per heavy atom. The number of terminal acetylenes is 1. The molecule has 4 rings (SSSR count). The van der Waals surface area contributed by atoms with Crippen LogP contribution in [0.4, 0.5) is 5.69 Å². The molecule has 1 N–H and O–H groups in total. The molecule has 0 saturated carbocycles. The average Bonchev–Trinajstić information content (AvgIpc) is 3.15. The maximum Gasteiger partial charge on any atom is 0.279 e. The quantitative estimate of drug-likeness (QED) is 0.548. The lowest BCUT2D eigenvalue weighted by Gasteiger charge is -2.25. The Kier molecular flexibility index (Phi) is 6.97. The first kappa shape index (κ1) is 23.9. The molecule has 2 amide bonds. The number of anilines is 1. The Bertz CT molecular complexity index is 1460. The van der Waals surface area contributed by atoms with Gasteiger partial charge in [0, 0.05) is 31.3 Å². The summed E-state index contributed by atoms with van der Waals surface area (Å²) in [6.45, 7) is 2.68. The van der Waals surface area contributed by atoms with Crippen LogP contribution in [0.25, 0.3) is 10.2 Å². The molecule has 2 heterocycles. The zero-order chi connectivity index (χ0) is 24.3. The lowest BCUT2D eigenvalue weighted by Crippen LogP contribution is -2.35. The molecule has 0 spiro atoms. The monoisotopic (exact) mass is 496 g/mol. The van der Waals surface area contributed by atoms with Crippen LogP contribution in [0.2, 0.25) is 0 Å². The number of aromatic nitrogens is 1. The molecule has 0 aliphatic carbocycles. The topological polar surface area (TPSA) is 101 Å². The number of carbonyl (C=O) groups is 2. The summed E-state index contributed by atoms with van der Waals surface area (Å²) in [4.78, 5) is 29.1. The molecule has 1 saturated heterocycles. The van der Waals surface area contributed by atoms with Crippen molar-refractivity contribution in [2.75, 3.05) is 18.4 Å². The lowest BCUT2D eigenvalue weighted by molar-refractivity contribution is -0.114. The number of amides is 2. The van der Waals surface area contributed by atoms with Crippen LogP contribution in [-0.2, 0) is 21.4 Å². The molecule has 1 aromatic heterocycles. The van der Waals surface area contributed by atoms with Gasteiger partial charge in [0.25, 0.3) is 5.91 Å². The van der Waals surface area contributed by atoms with Crippen molar-refractivity contribution in [3.63, 3.8) is 0 Å². The van der Waals surface area contributed by atoms with Crippen molar-refractivity contribution < 1.29 is 18.0 Å². The highest BCUT2D eigenvalue weighted by molar-refractivity contribution is 7.89. The zero-order valence-electron chi connectivity index (χ0n) is 18.7. The van der Waals surface area contributed by atoms with Gasteiger partial charge in [-0.3, -0.25) is 9.59 Å². The summed E-state index contributed by atoms with van der Waals surface area (Å²) >= 11 is 1.28. The number of nitrogens with one attached hydrogen (secondary N) is 1. The van der Waals surface area contributed by atoms with E-state index < -0.39 is 15.9 Å². The van der Waals surface area contributed by atoms with Gasteiger partial charge in [0.05, 0.1) is 21.7 Å². The van der Waals surface area contributed by atoms with Crippen molar-refractivity contribution in [3.05, 3.63) is 52.8 Å². The molecule has 0 bridgehead atoms. The second-order valence-electron chi connectivity index (χ2n) is 7.94. The van der Waals surface area contributed by atoms with Crippen LogP contribution in [0.3, 0.4) is 0 Å². The molecule has 1 fully saturated rings. The maximum absolute atomic E-state index is 12.9. The van der Waals surface area contributed by atoms with Crippen LogP contribution < -0.4 is 10.1 Å². The van der Waals surface area contributed by atoms with E-state index in [-0.39, 0.29) is 22.9 Å². The van der Waals surface area contributed by atoms with Gasteiger partial charge in [-0.2, -0.15) is 9.30 Å². The normalized spacial score (nSPS) is 15.2. The van der Waals surface area contributed by atoms with Gasteiger partial charge in [-0.25, -0.2) is 8.42 Å². The van der Waals surface area contributed by atoms with Crippen LogP contribution in [0.1, 0.15) is 36.5 Å². The van der Waals surface area contributed by atoms with Crippen molar-refractivity contribution in [1.29, 1.82) is 0 Å². The van der Waals surface area contributed by atoms with Gasteiger partial charge in [-0.05, 0) is 55.3 Å².